The average molecular weight is 409 g/mol. The van der Waals surface area contributed by atoms with Crippen molar-refractivity contribution in [1.29, 1.82) is 0 Å². The van der Waals surface area contributed by atoms with Crippen molar-refractivity contribution in [2.24, 2.45) is 0 Å². The van der Waals surface area contributed by atoms with Gasteiger partial charge in [0, 0.05) is 16.5 Å². The number of terminal acetylenes is 1. The standard InChI is InChI=1S/C16H13BrN2O4S/c1-3-7-22-12-6-5-11(17)8-10(12)9-13(15(20)21)24-16-19-18-14(4-2)23-16/h1,5-6,8-9H,4,7H2,2H3,(H,20,21)/b13-9-. The van der Waals surface area contributed by atoms with Crippen LogP contribution in [0.5, 0.6) is 5.75 Å². The topological polar surface area (TPSA) is 85.5 Å². The summed E-state index contributed by atoms with van der Waals surface area (Å²) < 4.78 is 11.6. The normalized spacial score (nSPS) is 11.1. The molecular formula is C16H13BrN2O4S. The summed E-state index contributed by atoms with van der Waals surface area (Å²) in [6, 6.07) is 5.22. The van der Waals surface area contributed by atoms with E-state index in [-0.39, 0.29) is 16.7 Å². The maximum Gasteiger partial charge on any atom is 0.342 e. The lowest BCUT2D eigenvalue weighted by molar-refractivity contribution is -0.131. The highest BCUT2D eigenvalue weighted by Gasteiger charge is 2.16. The van der Waals surface area contributed by atoms with Gasteiger partial charge >= 0.3 is 5.97 Å². The number of nitrogens with zero attached hydrogens (tertiary/aromatic N) is 2. The van der Waals surface area contributed by atoms with Crippen LogP contribution in [0.15, 0.2) is 37.2 Å². The highest BCUT2D eigenvalue weighted by molar-refractivity contribution is 9.10. The number of aliphatic carboxylic acids is 1. The van der Waals surface area contributed by atoms with Gasteiger partial charge in [0.1, 0.15) is 17.3 Å². The molecule has 0 unspecified atom stereocenters. The van der Waals surface area contributed by atoms with Crippen molar-refractivity contribution in [1.82, 2.24) is 10.2 Å². The number of aryl methyl sites for hydroxylation is 1. The molecule has 2 aromatic rings. The first-order valence-corrected chi connectivity index (χ1v) is 8.45. The van der Waals surface area contributed by atoms with Crippen molar-refractivity contribution in [3.8, 4) is 18.1 Å². The molecule has 2 rings (SSSR count). The molecule has 1 heterocycles. The number of ether oxygens (including phenoxy) is 1. The van der Waals surface area contributed by atoms with Gasteiger partial charge in [0.15, 0.2) is 0 Å². The van der Waals surface area contributed by atoms with Crippen molar-refractivity contribution < 1.29 is 19.1 Å². The van der Waals surface area contributed by atoms with Gasteiger partial charge in [-0.1, -0.05) is 28.8 Å². The van der Waals surface area contributed by atoms with E-state index in [1.165, 1.54) is 6.08 Å². The zero-order valence-corrected chi connectivity index (χ0v) is 15.1. The van der Waals surface area contributed by atoms with Crippen LogP contribution in [0.25, 0.3) is 6.08 Å². The lowest BCUT2D eigenvalue weighted by Crippen LogP contribution is -1.99. The molecule has 0 spiro atoms. The van der Waals surface area contributed by atoms with E-state index < -0.39 is 5.97 Å². The molecule has 0 saturated carbocycles. The number of rotatable bonds is 7. The Morgan fingerprint density at radius 2 is 2.33 bits per heavy atom. The highest BCUT2D eigenvalue weighted by Crippen LogP contribution is 2.31. The van der Waals surface area contributed by atoms with Crippen LogP contribution in [0, 0.1) is 12.3 Å². The number of carboxylic acids is 1. The monoisotopic (exact) mass is 408 g/mol. The van der Waals surface area contributed by atoms with E-state index in [1.54, 1.807) is 18.2 Å². The molecule has 0 atom stereocenters. The third-order valence-electron chi connectivity index (χ3n) is 2.73. The van der Waals surface area contributed by atoms with Crippen LogP contribution in [0.4, 0.5) is 0 Å². The molecule has 1 N–H and O–H groups in total. The number of hydrogen-bond donors (Lipinski definition) is 1. The second-order valence-electron chi connectivity index (χ2n) is 4.41. The molecule has 124 valence electrons. The zero-order valence-electron chi connectivity index (χ0n) is 12.7. The Morgan fingerprint density at radius 1 is 1.54 bits per heavy atom. The quantitative estimate of drug-likeness (QED) is 0.425. The third-order valence-corrected chi connectivity index (χ3v) is 4.07. The Kier molecular flexibility index (Phi) is 6.46. The SMILES string of the molecule is C#CCOc1ccc(Br)cc1/C=C(\Sc1nnc(CC)o1)C(=O)O. The molecule has 1 aromatic carbocycles. The molecule has 8 heteroatoms. The van der Waals surface area contributed by atoms with Crippen molar-refractivity contribution in [2.75, 3.05) is 6.61 Å². The Hall–Kier alpha value is -2.24. The Balaban J connectivity index is 2.34. The minimum Gasteiger partial charge on any atom is -0.480 e. The second kappa shape index (κ2) is 8.57. The van der Waals surface area contributed by atoms with Gasteiger partial charge in [0.25, 0.3) is 5.22 Å². The van der Waals surface area contributed by atoms with Gasteiger partial charge in [-0.15, -0.1) is 16.6 Å². The maximum absolute atomic E-state index is 11.5. The van der Waals surface area contributed by atoms with Crippen LogP contribution in [0.3, 0.4) is 0 Å². The van der Waals surface area contributed by atoms with Crippen LogP contribution in [0.1, 0.15) is 18.4 Å². The smallest absolute Gasteiger partial charge is 0.342 e. The molecule has 1 aromatic heterocycles. The van der Waals surface area contributed by atoms with Gasteiger partial charge in [-0.05, 0) is 36.0 Å². The van der Waals surface area contributed by atoms with Crippen LogP contribution >= 0.6 is 27.7 Å². The van der Waals surface area contributed by atoms with E-state index in [9.17, 15) is 9.90 Å². The molecular weight excluding hydrogens is 396 g/mol. The van der Waals surface area contributed by atoms with Gasteiger partial charge in [-0.25, -0.2) is 4.79 Å². The number of carboxylic acid groups (broad SMARTS) is 1. The lowest BCUT2D eigenvalue weighted by atomic mass is 10.2. The summed E-state index contributed by atoms with van der Waals surface area (Å²) in [6.07, 6.45) is 7.25. The summed E-state index contributed by atoms with van der Waals surface area (Å²) in [4.78, 5) is 11.5. The highest BCUT2D eigenvalue weighted by atomic mass is 79.9. The molecule has 6 nitrogen and oxygen atoms in total. The Morgan fingerprint density at radius 3 is 2.96 bits per heavy atom. The van der Waals surface area contributed by atoms with Crippen LogP contribution < -0.4 is 4.74 Å². The minimum absolute atomic E-state index is 0.0185. The summed E-state index contributed by atoms with van der Waals surface area (Å²) in [7, 11) is 0. The second-order valence-corrected chi connectivity index (χ2v) is 6.31. The Bertz CT molecular complexity index is 811. The number of hydrogen-bond acceptors (Lipinski definition) is 6. The van der Waals surface area contributed by atoms with E-state index in [0.717, 1.165) is 16.2 Å². The zero-order chi connectivity index (χ0) is 17.5. The van der Waals surface area contributed by atoms with Crippen molar-refractivity contribution in [3.63, 3.8) is 0 Å². The number of benzene rings is 1. The number of halogens is 1. The van der Waals surface area contributed by atoms with Crippen molar-refractivity contribution >= 4 is 39.7 Å². The van der Waals surface area contributed by atoms with Crippen LogP contribution in [-0.4, -0.2) is 27.9 Å². The molecule has 0 amide bonds. The predicted octanol–water partition coefficient (Wildman–Crippen LogP) is 3.62. The lowest BCUT2D eigenvalue weighted by Gasteiger charge is -2.08. The van der Waals surface area contributed by atoms with E-state index in [4.69, 9.17) is 15.6 Å². The number of aromatic nitrogens is 2. The van der Waals surface area contributed by atoms with Crippen LogP contribution in [0.2, 0.25) is 0 Å². The fourth-order valence-electron chi connectivity index (χ4n) is 1.68. The molecule has 24 heavy (non-hydrogen) atoms. The largest absolute Gasteiger partial charge is 0.480 e. The van der Waals surface area contributed by atoms with E-state index in [0.29, 0.717) is 23.6 Å². The molecule has 0 fully saturated rings. The van der Waals surface area contributed by atoms with Crippen molar-refractivity contribution in [2.45, 2.75) is 18.6 Å². The first kappa shape index (κ1) is 18.1. The summed E-state index contributed by atoms with van der Waals surface area (Å²) in [5.41, 5.74) is 0.569. The first-order valence-electron chi connectivity index (χ1n) is 6.84. The van der Waals surface area contributed by atoms with E-state index >= 15 is 0 Å². The molecule has 0 bridgehead atoms. The molecule has 0 aliphatic rings. The van der Waals surface area contributed by atoms with E-state index in [2.05, 4.69) is 32.0 Å². The van der Waals surface area contributed by atoms with Gasteiger partial charge < -0.3 is 14.3 Å². The van der Waals surface area contributed by atoms with Gasteiger partial charge in [0.05, 0.1) is 0 Å². The van der Waals surface area contributed by atoms with Crippen LogP contribution in [-0.2, 0) is 11.2 Å². The van der Waals surface area contributed by atoms with E-state index in [1.807, 2.05) is 6.92 Å². The number of thioether (sulfide) groups is 1. The van der Waals surface area contributed by atoms with Crippen molar-refractivity contribution in [3.05, 3.63) is 39.0 Å². The molecule has 0 radical (unpaired) electrons. The summed E-state index contributed by atoms with van der Waals surface area (Å²) in [5, 5.41) is 17.2. The average Bonchev–Trinajstić information content (AvgIpc) is 3.01. The molecule has 0 saturated heterocycles. The minimum atomic E-state index is -1.11. The summed E-state index contributed by atoms with van der Waals surface area (Å²) >= 11 is 4.23. The molecule has 0 aliphatic carbocycles. The Labute approximate surface area is 151 Å². The maximum atomic E-state index is 11.5. The molecule has 0 aliphatic heterocycles. The summed E-state index contributed by atoms with van der Waals surface area (Å²) in [6.45, 7) is 1.95. The fourth-order valence-corrected chi connectivity index (χ4v) is 2.74. The fraction of sp³-hybridized carbons (Fsp3) is 0.188. The summed E-state index contributed by atoms with van der Waals surface area (Å²) in [5.74, 6) is 2.19. The van der Waals surface area contributed by atoms with Gasteiger partial charge in [0.2, 0.25) is 5.89 Å². The third kappa shape index (κ3) is 4.88. The predicted molar refractivity (Wildman–Crippen MR) is 93.6 cm³/mol. The first-order chi connectivity index (χ1) is 11.5. The number of carbonyl (C=O) groups is 1. The van der Waals surface area contributed by atoms with Gasteiger partial charge in [-0.2, -0.15) is 0 Å². The van der Waals surface area contributed by atoms with Gasteiger partial charge in [-0.3, -0.25) is 0 Å².